The van der Waals surface area contributed by atoms with Gasteiger partial charge in [0.25, 0.3) is 0 Å². The molecule has 0 saturated heterocycles. The van der Waals surface area contributed by atoms with Gasteiger partial charge >= 0.3 is 0 Å². The van der Waals surface area contributed by atoms with Crippen LogP contribution in [0.5, 0.6) is 0 Å². The molecule has 7 aromatic rings. The minimum absolute atomic E-state index is 1.06. The Labute approximate surface area is 232 Å². The van der Waals surface area contributed by atoms with Crippen molar-refractivity contribution in [1.82, 2.24) is 0 Å². The molecule has 0 saturated carbocycles. The second-order valence-corrected chi connectivity index (χ2v) is 10.6. The van der Waals surface area contributed by atoms with Gasteiger partial charge in [-0.25, -0.2) is 0 Å². The zero-order chi connectivity index (χ0) is 26.0. The van der Waals surface area contributed by atoms with Crippen LogP contribution < -0.4 is 10.2 Å². The standard InChI is InChI=1S/C36H26N2S/c1-3-9-26(10-4-1)27-15-19-30(20-16-27)38(31-21-17-29(18-22-31)37-28-11-5-2-6-12-28)32-23-24-34-33-13-7-8-14-35(33)39-36(34)25-32/h1-25,37H. The summed E-state index contributed by atoms with van der Waals surface area (Å²) in [7, 11) is 0. The van der Waals surface area contributed by atoms with Crippen molar-refractivity contribution in [2.45, 2.75) is 0 Å². The first-order valence-corrected chi connectivity index (χ1v) is 13.9. The van der Waals surface area contributed by atoms with Gasteiger partial charge in [-0.15, -0.1) is 11.3 Å². The molecule has 39 heavy (non-hydrogen) atoms. The number of hydrogen-bond acceptors (Lipinski definition) is 3. The summed E-state index contributed by atoms with van der Waals surface area (Å²) in [5.74, 6) is 0. The van der Waals surface area contributed by atoms with Crippen molar-refractivity contribution in [2.75, 3.05) is 10.2 Å². The van der Waals surface area contributed by atoms with Gasteiger partial charge in [-0.2, -0.15) is 0 Å². The number of hydrogen-bond donors (Lipinski definition) is 1. The van der Waals surface area contributed by atoms with Crippen LogP contribution in [-0.2, 0) is 0 Å². The number of nitrogens with one attached hydrogen (secondary N) is 1. The molecule has 0 spiro atoms. The largest absolute Gasteiger partial charge is 0.356 e. The molecule has 0 unspecified atom stereocenters. The topological polar surface area (TPSA) is 15.3 Å². The van der Waals surface area contributed by atoms with Gasteiger partial charge in [0.15, 0.2) is 0 Å². The third-order valence-corrected chi connectivity index (χ3v) is 8.17. The van der Waals surface area contributed by atoms with Crippen LogP contribution in [0.2, 0.25) is 0 Å². The van der Waals surface area contributed by atoms with E-state index in [4.69, 9.17) is 0 Å². The van der Waals surface area contributed by atoms with E-state index in [-0.39, 0.29) is 0 Å². The van der Waals surface area contributed by atoms with Crippen molar-refractivity contribution < 1.29 is 0 Å². The zero-order valence-corrected chi connectivity index (χ0v) is 22.1. The lowest BCUT2D eigenvalue weighted by Crippen LogP contribution is -2.09. The maximum Gasteiger partial charge on any atom is 0.0476 e. The summed E-state index contributed by atoms with van der Waals surface area (Å²) in [6.07, 6.45) is 0. The van der Waals surface area contributed by atoms with Gasteiger partial charge in [0.2, 0.25) is 0 Å². The van der Waals surface area contributed by atoms with Crippen LogP contribution in [-0.4, -0.2) is 0 Å². The Morgan fingerprint density at radius 3 is 1.69 bits per heavy atom. The molecule has 0 aliphatic rings. The van der Waals surface area contributed by atoms with Crippen molar-refractivity contribution in [3.63, 3.8) is 0 Å². The van der Waals surface area contributed by atoms with E-state index in [2.05, 4.69) is 144 Å². The highest BCUT2D eigenvalue weighted by Crippen LogP contribution is 2.41. The van der Waals surface area contributed by atoms with Gasteiger partial charge in [-0.3, -0.25) is 0 Å². The number of para-hydroxylation sites is 1. The first kappa shape index (κ1) is 23.3. The highest BCUT2D eigenvalue weighted by atomic mass is 32.1. The highest BCUT2D eigenvalue weighted by Gasteiger charge is 2.15. The summed E-state index contributed by atoms with van der Waals surface area (Å²) in [5.41, 5.74) is 7.95. The lowest BCUT2D eigenvalue weighted by Gasteiger charge is -2.26. The van der Waals surface area contributed by atoms with Gasteiger partial charge in [-0.1, -0.05) is 84.9 Å². The lowest BCUT2D eigenvalue weighted by atomic mass is 10.0. The van der Waals surface area contributed by atoms with E-state index < -0.39 is 0 Å². The summed E-state index contributed by atoms with van der Waals surface area (Å²) < 4.78 is 2.61. The van der Waals surface area contributed by atoms with E-state index in [1.807, 2.05) is 29.5 Å². The van der Waals surface area contributed by atoms with Crippen LogP contribution in [0.4, 0.5) is 28.4 Å². The third kappa shape index (κ3) is 4.65. The molecule has 0 fully saturated rings. The van der Waals surface area contributed by atoms with Crippen LogP contribution in [0, 0.1) is 0 Å². The van der Waals surface area contributed by atoms with Crippen molar-refractivity contribution in [1.29, 1.82) is 0 Å². The molecule has 0 amide bonds. The van der Waals surface area contributed by atoms with Gasteiger partial charge in [0, 0.05) is 48.6 Å². The first-order valence-electron chi connectivity index (χ1n) is 13.1. The average Bonchev–Trinajstić information content (AvgIpc) is 3.37. The van der Waals surface area contributed by atoms with Crippen molar-refractivity contribution in [3.8, 4) is 11.1 Å². The zero-order valence-electron chi connectivity index (χ0n) is 21.3. The maximum absolute atomic E-state index is 3.50. The second-order valence-electron chi connectivity index (χ2n) is 9.56. The van der Waals surface area contributed by atoms with Crippen molar-refractivity contribution in [2.24, 2.45) is 0 Å². The average molecular weight is 519 g/mol. The molecule has 0 bridgehead atoms. The molecule has 7 rings (SSSR count). The van der Waals surface area contributed by atoms with Gasteiger partial charge in [0.1, 0.15) is 0 Å². The van der Waals surface area contributed by atoms with E-state index in [9.17, 15) is 0 Å². The molecule has 1 N–H and O–H groups in total. The number of thiophene rings is 1. The molecule has 3 heteroatoms. The summed E-state index contributed by atoms with van der Waals surface area (Å²) in [6, 6.07) is 53.8. The van der Waals surface area contributed by atoms with E-state index >= 15 is 0 Å². The van der Waals surface area contributed by atoms with Crippen LogP contribution in [0.3, 0.4) is 0 Å². The van der Waals surface area contributed by atoms with E-state index in [0.29, 0.717) is 0 Å². The molecular formula is C36H26N2S. The number of benzene rings is 6. The number of rotatable bonds is 6. The first-order chi connectivity index (χ1) is 19.3. The molecule has 1 heterocycles. The van der Waals surface area contributed by atoms with Gasteiger partial charge < -0.3 is 10.2 Å². The van der Waals surface area contributed by atoms with Gasteiger partial charge in [0.05, 0.1) is 0 Å². The summed E-state index contributed by atoms with van der Waals surface area (Å²) in [4.78, 5) is 2.34. The van der Waals surface area contributed by atoms with Gasteiger partial charge in [-0.05, 0) is 77.9 Å². The fourth-order valence-corrected chi connectivity index (χ4v) is 6.26. The fraction of sp³-hybridized carbons (Fsp3) is 0. The van der Waals surface area contributed by atoms with E-state index in [1.54, 1.807) is 0 Å². The third-order valence-electron chi connectivity index (χ3n) is 7.04. The van der Waals surface area contributed by atoms with Crippen LogP contribution in [0.15, 0.2) is 152 Å². The molecule has 0 radical (unpaired) electrons. The Hall–Kier alpha value is -4.86. The van der Waals surface area contributed by atoms with Crippen LogP contribution in [0.25, 0.3) is 31.3 Å². The molecule has 186 valence electrons. The molecule has 6 aromatic carbocycles. The fourth-order valence-electron chi connectivity index (χ4n) is 5.12. The minimum Gasteiger partial charge on any atom is -0.356 e. The second kappa shape index (κ2) is 10.1. The smallest absolute Gasteiger partial charge is 0.0476 e. The highest BCUT2D eigenvalue weighted by molar-refractivity contribution is 7.25. The molecule has 0 aliphatic heterocycles. The predicted octanol–water partition coefficient (Wildman–Crippen LogP) is 10.9. The van der Waals surface area contributed by atoms with Crippen molar-refractivity contribution in [3.05, 3.63) is 152 Å². The Morgan fingerprint density at radius 2 is 0.949 bits per heavy atom. The maximum atomic E-state index is 3.50. The Morgan fingerprint density at radius 1 is 0.410 bits per heavy atom. The lowest BCUT2D eigenvalue weighted by molar-refractivity contribution is 1.29. The summed E-state index contributed by atoms with van der Waals surface area (Å²) in [6.45, 7) is 0. The Kier molecular flexibility index (Phi) is 6.04. The van der Waals surface area contributed by atoms with Crippen molar-refractivity contribution >= 4 is 59.9 Å². The number of fused-ring (bicyclic) bond motifs is 3. The van der Waals surface area contributed by atoms with E-state index in [1.165, 1.54) is 31.3 Å². The van der Waals surface area contributed by atoms with Crippen LogP contribution >= 0.6 is 11.3 Å². The van der Waals surface area contributed by atoms with Crippen LogP contribution in [0.1, 0.15) is 0 Å². The molecular weight excluding hydrogens is 492 g/mol. The molecule has 0 atom stereocenters. The molecule has 1 aromatic heterocycles. The SMILES string of the molecule is c1ccc(Nc2ccc(N(c3ccc(-c4ccccc4)cc3)c3ccc4c(c3)sc3ccccc34)cc2)cc1. The Balaban J connectivity index is 1.30. The quantitative estimate of drug-likeness (QED) is 0.235. The molecule has 2 nitrogen and oxygen atoms in total. The van der Waals surface area contributed by atoms with E-state index in [0.717, 1.165) is 28.4 Å². The number of anilines is 5. The number of nitrogens with zero attached hydrogens (tertiary/aromatic N) is 1. The summed E-state index contributed by atoms with van der Waals surface area (Å²) in [5, 5.41) is 6.12. The Bertz CT molecular complexity index is 1860. The molecule has 0 aliphatic carbocycles. The monoisotopic (exact) mass is 518 g/mol. The summed E-state index contributed by atoms with van der Waals surface area (Å²) >= 11 is 1.85. The minimum atomic E-state index is 1.06. The normalized spacial score (nSPS) is 11.1. The predicted molar refractivity (Wildman–Crippen MR) is 169 cm³/mol.